The molecule has 9 aromatic carbocycles. The fraction of sp³-hybridized carbons (Fsp3) is 0.0548. The zero-order valence-corrected chi connectivity index (χ0v) is 42.3. The van der Waals surface area contributed by atoms with Crippen LogP contribution in [0.3, 0.4) is 0 Å². The molecular formula is C73H55N3. The first-order chi connectivity index (χ1) is 37.6. The highest BCUT2D eigenvalue weighted by Gasteiger charge is 2.13. The monoisotopic (exact) mass is 973 g/mol. The van der Waals surface area contributed by atoms with Crippen molar-refractivity contribution < 1.29 is 0 Å². The predicted octanol–water partition coefficient (Wildman–Crippen LogP) is 18.4. The lowest BCUT2D eigenvalue weighted by atomic mass is 9.90. The summed E-state index contributed by atoms with van der Waals surface area (Å²) in [4.78, 5) is 14.9. The third-order valence-corrected chi connectivity index (χ3v) is 14.4. The van der Waals surface area contributed by atoms with Crippen molar-refractivity contribution in [1.82, 2.24) is 15.0 Å². The zero-order valence-electron chi connectivity index (χ0n) is 42.3. The largest absolute Gasteiger partial charge is 0.256 e. The van der Waals surface area contributed by atoms with Crippen LogP contribution in [-0.4, -0.2) is 15.0 Å². The van der Waals surface area contributed by atoms with E-state index >= 15 is 0 Å². The van der Waals surface area contributed by atoms with Crippen LogP contribution in [-0.2, 0) is 25.7 Å². The molecule has 3 heterocycles. The third kappa shape index (κ3) is 11.0. The van der Waals surface area contributed by atoms with Gasteiger partial charge in [-0.3, -0.25) is 4.98 Å². The average molecular weight is 974 g/mol. The standard InChI is InChI=1S/C73H55N3/c1-4-14-56(15-5-1)57-38-40-58(41-39-57)65-46-47-74-73(51-65)64-44-42-59(43-45-64)67-20-10-11-21-68(67)66-49-54(28-26-52-30-34-62(35-31-52)71-24-12-22-69(75-71)60-16-6-2-7-17-60)48-55(50-66)29-27-53-32-36-63(37-33-53)72-25-13-23-70(76-72)61-18-8-3-9-19-61/h1-25,30-51H,26-29H2. The van der Waals surface area contributed by atoms with Crippen molar-refractivity contribution in [3.8, 4) is 101 Å². The van der Waals surface area contributed by atoms with E-state index in [1.165, 1.54) is 61.2 Å². The maximum Gasteiger partial charge on any atom is 0.0709 e. The van der Waals surface area contributed by atoms with Gasteiger partial charge in [0.05, 0.1) is 28.5 Å². The van der Waals surface area contributed by atoms with Gasteiger partial charge in [-0.25, -0.2) is 9.97 Å². The summed E-state index contributed by atoms with van der Waals surface area (Å²) in [5.41, 5.74) is 25.3. The van der Waals surface area contributed by atoms with Gasteiger partial charge in [0.15, 0.2) is 0 Å². The van der Waals surface area contributed by atoms with Gasteiger partial charge < -0.3 is 0 Å². The molecule has 76 heavy (non-hydrogen) atoms. The molecule has 0 aliphatic carbocycles. The van der Waals surface area contributed by atoms with Crippen LogP contribution >= 0.6 is 0 Å². The average Bonchev–Trinajstić information content (AvgIpc) is 3.51. The minimum absolute atomic E-state index is 0.922. The topological polar surface area (TPSA) is 38.7 Å². The molecule has 0 N–H and O–H groups in total. The van der Waals surface area contributed by atoms with Crippen LogP contribution < -0.4 is 0 Å². The number of aromatic nitrogens is 3. The van der Waals surface area contributed by atoms with Crippen LogP contribution in [0.25, 0.3) is 101 Å². The molecule has 0 radical (unpaired) electrons. The fourth-order valence-corrected chi connectivity index (χ4v) is 10.3. The fourth-order valence-electron chi connectivity index (χ4n) is 10.3. The second kappa shape index (κ2) is 22.3. The molecule has 0 bridgehead atoms. The molecule has 0 fully saturated rings. The highest BCUT2D eigenvalue weighted by Crippen LogP contribution is 2.36. The SMILES string of the molecule is c1ccc(-c2ccc(-c3ccnc(-c4ccc(-c5ccccc5-c5cc(CCc6ccc(-c7cccc(-c8ccccc8)n7)cc6)cc(CCc6ccc(-c7cccc(-c8ccccc8)n7)cc6)c5)cc4)c3)cc2)cc1. The summed E-state index contributed by atoms with van der Waals surface area (Å²) in [5.74, 6) is 0. The smallest absolute Gasteiger partial charge is 0.0709 e. The van der Waals surface area contributed by atoms with Crippen molar-refractivity contribution >= 4 is 0 Å². The Balaban J connectivity index is 0.802. The minimum atomic E-state index is 0.922. The molecule has 0 spiro atoms. The molecule has 0 amide bonds. The van der Waals surface area contributed by atoms with Crippen LogP contribution in [0.4, 0.5) is 0 Å². The summed E-state index contributed by atoms with van der Waals surface area (Å²) < 4.78 is 0. The number of pyridine rings is 3. The van der Waals surface area contributed by atoms with Gasteiger partial charge in [0.25, 0.3) is 0 Å². The molecule has 362 valence electrons. The van der Waals surface area contributed by atoms with E-state index in [1.54, 1.807) is 0 Å². The van der Waals surface area contributed by atoms with Gasteiger partial charge in [0, 0.05) is 34.0 Å². The Morgan fingerprint density at radius 2 is 0.539 bits per heavy atom. The number of aryl methyl sites for hydroxylation is 4. The van der Waals surface area contributed by atoms with Crippen molar-refractivity contribution in [3.05, 3.63) is 308 Å². The maximum atomic E-state index is 5.02. The predicted molar refractivity (Wildman–Crippen MR) is 316 cm³/mol. The molecule has 0 aliphatic heterocycles. The van der Waals surface area contributed by atoms with Gasteiger partial charge in [0.1, 0.15) is 0 Å². The van der Waals surface area contributed by atoms with E-state index in [4.69, 9.17) is 15.0 Å². The van der Waals surface area contributed by atoms with Crippen LogP contribution in [0.5, 0.6) is 0 Å². The summed E-state index contributed by atoms with van der Waals surface area (Å²) in [6, 6.07) is 99.9. The van der Waals surface area contributed by atoms with Crippen LogP contribution in [0, 0.1) is 0 Å². The number of nitrogens with zero attached hydrogens (tertiary/aromatic N) is 3. The molecule has 0 aliphatic rings. The lowest BCUT2D eigenvalue weighted by molar-refractivity contribution is 0.931. The molecule has 0 saturated heterocycles. The Morgan fingerprint density at radius 3 is 1.03 bits per heavy atom. The summed E-state index contributed by atoms with van der Waals surface area (Å²) in [7, 11) is 0. The minimum Gasteiger partial charge on any atom is -0.256 e. The van der Waals surface area contributed by atoms with Crippen molar-refractivity contribution in [3.63, 3.8) is 0 Å². The van der Waals surface area contributed by atoms with Gasteiger partial charge in [-0.05, 0) is 129 Å². The van der Waals surface area contributed by atoms with Crippen molar-refractivity contribution in [2.75, 3.05) is 0 Å². The molecule has 3 aromatic heterocycles. The van der Waals surface area contributed by atoms with Crippen LogP contribution in [0.15, 0.2) is 285 Å². The first kappa shape index (κ1) is 47.4. The van der Waals surface area contributed by atoms with Gasteiger partial charge in [-0.2, -0.15) is 0 Å². The summed E-state index contributed by atoms with van der Waals surface area (Å²) in [6.07, 6.45) is 5.62. The van der Waals surface area contributed by atoms with Gasteiger partial charge in [-0.1, -0.05) is 243 Å². The lowest BCUT2D eigenvalue weighted by Gasteiger charge is -2.15. The number of benzene rings is 9. The Bertz CT molecular complexity index is 3720. The Kier molecular flexibility index (Phi) is 13.9. The second-order valence-corrected chi connectivity index (χ2v) is 19.5. The molecule has 3 nitrogen and oxygen atoms in total. The molecule has 3 heteroatoms. The normalized spacial score (nSPS) is 11.1. The Hall–Kier alpha value is -9.57. The molecule has 0 atom stereocenters. The van der Waals surface area contributed by atoms with E-state index in [1.807, 2.05) is 18.3 Å². The van der Waals surface area contributed by atoms with E-state index in [2.05, 4.69) is 267 Å². The van der Waals surface area contributed by atoms with Crippen molar-refractivity contribution in [1.29, 1.82) is 0 Å². The van der Waals surface area contributed by atoms with Gasteiger partial charge in [-0.15, -0.1) is 0 Å². The third-order valence-electron chi connectivity index (χ3n) is 14.4. The molecule has 12 rings (SSSR count). The summed E-state index contributed by atoms with van der Waals surface area (Å²) in [6.45, 7) is 0. The van der Waals surface area contributed by atoms with Crippen LogP contribution in [0.1, 0.15) is 22.3 Å². The van der Waals surface area contributed by atoms with E-state index in [0.29, 0.717) is 0 Å². The number of hydrogen-bond acceptors (Lipinski definition) is 3. The molecule has 12 aromatic rings. The summed E-state index contributed by atoms with van der Waals surface area (Å²) >= 11 is 0. The molecule has 0 saturated carbocycles. The molecular weight excluding hydrogens is 919 g/mol. The van der Waals surface area contributed by atoms with Gasteiger partial charge >= 0.3 is 0 Å². The highest BCUT2D eigenvalue weighted by molar-refractivity contribution is 5.85. The van der Waals surface area contributed by atoms with Gasteiger partial charge in [0.2, 0.25) is 0 Å². The Morgan fingerprint density at radius 1 is 0.197 bits per heavy atom. The number of hydrogen-bond donors (Lipinski definition) is 0. The van der Waals surface area contributed by atoms with E-state index in [0.717, 1.165) is 87.5 Å². The van der Waals surface area contributed by atoms with E-state index in [9.17, 15) is 0 Å². The van der Waals surface area contributed by atoms with E-state index < -0.39 is 0 Å². The van der Waals surface area contributed by atoms with E-state index in [-0.39, 0.29) is 0 Å². The Labute approximate surface area is 446 Å². The first-order valence-electron chi connectivity index (χ1n) is 26.3. The van der Waals surface area contributed by atoms with Crippen molar-refractivity contribution in [2.24, 2.45) is 0 Å². The zero-order chi connectivity index (χ0) is 50.9. The lowest BCUT2D eigenvalue weighted by Crippen LogP contribution is -1.98. The quantitative estimate of drug-likeness (QED) is 0.103. The second-order valence-electron chi connectivity index (χ2n) is 19.5. The molecule has 0 unspecified atom stereocenters. The summed E-state index contributed by atoms with van der Waals surface area (Å²) in [5, 5.41) is 0. The van der Waals surface area contributed by atoms with Crippen molar-refractivity contribution in [2.45, 2.75) is 25.7 Å². The maximum absolute atomic E-state index is 5.02. The van der Waals surface area contributed by atoms with Crippen LogP contribution in [0.2, 0.25) is 0 Å². The first-order valence-corrected chi connectivity index (χ1v) is 26.3. The number of rotatable bonds is 15. The highest BCUT2D eigenvalue weighted by atomic mass is 14.7.